The Hall–Kier alpha value is -2.50. The van der Waals surface area contributed by atoms with Crippen molar-refractivity contribution in [1.29, 1.82) is 0 Å². The first kappa shape index (κ1) is 12.0. The lowest BCUT2D eigenvalue weighted by Gasteiger charge is -2.06. The van der Waals surface area contributed by atoms with Gasteiger partial charge in [-0.3, -0.25) is 0 Å². The predicted octanol–water partition coefficient (Wildman–Crippen LogP) is 1.79. The lowest BCUT2D eigenvalue weighted by atomic mass is 10.2. The molecule has 0 aliphatic rings. The van der Waals surface area contributed by atoms with Crippen LogP contribution in [0.4, 0.5) is 0 Å². The van der Waals surface area contributed by atoms with E-state index in [4.69, 9.17) is 14.6 Å². The topological polar surface area (TPSA) is 84.4 Å². The summed E-state index contributed by atoms with van der Waals surface area (Å²) in [4.78, 5) is 17.5. The minimum absolute atomic E-state index is 0.0341. The molecule has 6 nitrogen and oxygen atoms in total. The van der Waals surface area contributed by atoms with E-state index in [9.17, 15) is 4.79 Å². The number of aromatic amines is 1. The molecule has 0 aliphatic heterocycles. The number of aromatic carboxylic acids is 1. The summed E-state index contributed by atoms with van der Waals surface area (Å²) in [6, 6.07) is 5.21. The summed E-state index contributed by atoms with van der Waals surface area (Å²) in [5, 5.41) is 8.83. The van der Waals surface area contributed by atoms with Gasteiger partial charge >= 0.3 is 5.97 Å². The maximum atomic E-state index is 10.8. The zero-order chi connectivity index (χ0) is 13.1. The molecule has 0 saturated carbocycles. The zero-order valence-corrected chi connectivity index (χ0v) is 9.93. The van der Waals surface area contributed by atoms with Crippen molar-refractivity contribution >= 4 is 5.97 Å². The molecular weight excluding hydrogens is 236 g/mol. The molecule has 1 heterocycles. The summed E-state index contributed by atoms with van der Waals surface area (Å²) in [5.74, 6) is 0.614. The molecule has 0 saturated heterocycles. The van der Waals surface area contributed by atoms with Crippen LogP contribution in [0.5, 0.6) is 11.5 Å². The van der Waals surface area contributed by atoms with Crippen LogP contribution in [-0.2, 0) is 0 Å². The highest BCUT2D eigenvalue weighted by molar-refractivity contribution is 5.86. The fourth-order valence-corrected chi connectivity index (χ4v) is 1.52. The van der Waals surface area contributed by atoms with Crippen molar-refractivity contribution in [1.82, 2.24) is 9.97 Å². The van der Waals surface area contributed by atoms with Gasteiger partial charge in [-0.1, -0.05) is 0 Å². The standard InChI is InChI=1S/C12H12N2O4/c1-17-8-3-7(4-9(5-8)18-2)11-13-6-10(14-11)12(15)16/h3-6H,1-2H3,(H,13,14)(H,15,16). The highest BCUT2D eigenvalue weighted by atomic mass is 16.5. The van der Waals surface area contributed by atoms with Gasteiger partial charge in [0.25, 0.3) is 0 Å². The normalized spacial score (nSPS) is 10.1. The van der Waals surface area contributed by atoms with E-state index in [-0.39, 0.29) is 5.69 Å². The molecule has 2 aromatic rings. The molecular formula is C12H12N2O4. The number of rotatable bonds is 4. The monoisotopic (exact) mass is 248 g/mol. The number of carbonyl (C=O) groups is 1. The Morgan fingerprint density at radius 1 is 1.22 bits per heavy atom. The molecule has 0 radical (unpaired) electrons. The van der Waals surface area contributed by atoms with Crippen LogP contribution in [-0.4, -0.2) is 35.3 Å². The Kier molecular flexibility index (Phi) is 3.18. The van der Waals surface area contributed by atoms with Gasteiger partial charge in [0.05, 0.1) is 20.4 Å². The third kappa shape index (κ3) is 2.27. The molecule has 0 unspecified atom stereocenters. The van der Waals surface area contributed by atoms with Crippen molar-refractivity contribution in [2.45, 2.75) is 0 Å². The Morgan fingerprint density at radius 2 is 1.83 bits per heavy atom. The van der Waals surface area contributed by atoms with E-state index in [2.05, 4.69) is 9.97 Å². The number of carboxylic acid groups (broad SMARTS) is 1. The number of carboxylic acids is 1. The Bertz CT molecular complexity index is 555. The summed E-state index contributed by atoms with van der Waals surface area (Å²) in [6.07, 6.45) is 1.27. The van der Waals surface area contributed by atoms with E-state index in [1.165, 1.54) is 6.20 Å². The molecule has 18 heavy (non-hydrogen) atoms. The average Bonchev–Trinajstić information content (AvgIpc) is 2.87. The van der Waals surface area contributed by atoms with Gasteiger partial charge in [0.1, 0.15) is 23.0 Å². The van der Waals surface area contributed by atoms with Crippen LogP contribution in [0.1, 0.15) is 10.5 Å². The number of imidazole rings is 1. The molecule has 2 rings (SSSR count). The van der Waals surface area contributed by atoms with Crippen LogP contribution < -0.4 is 9.47 Å². The van der Waals surface area contributed by atoms with Crippen molar-refractivity contribution < 1.29 is 19.4 Å². The summed E-state index contributed by atoms with van der Waals surface area (Å²) in [6.45, 7) is 0. The number of ether oxygens (including phenoxy) is 2. The van der Waals surface area contributed by atoms with Gasteiger partial charge in [0, 0.05) is 11.6 Å². The SMILES string of the molecule is COc1cc(OC)cc(-c2ncc(C(=O)O)[nH]2)c1. The average molecular weight is 248 g/mol. The Labute approximate surface area is 103 Å². The fraction of sp³-hybridized carbons (Fsp3) is 0.167. The van der Waals surface area contributed by atoms with Crippen molar-refractivity contribution in [2.24, 2.45) is 0 Å². The predicted molar refractivity (Wildman–Crippen MR) is 64.1 cm³/mol. The van der Waals surface area contributed by atoms with Gasteiger partial charge in [-0.15, -0.1) is 0 Å². The number of H-pyrrole nitrogens is 1. The number of aromatic nitrogens is 2. The first-order chi connectivity index (χ1) is 8.63. The molecule has 6 heteroatoms. The maximum Gasteiger partial charge on any atom is 0.353 e. The lowest BCUT2D eigenvalue weighted by Crippen LogP contribution is -1.95. The van der Waals surface area contributed by atoms with E-state index in [1.54, 1.807) is 32.4 Å². The van der Waals surface area contributed by atoms with Gasteiger partial charge in [0.15, 0.2) is 0 Å². The molecule has 94 valence electrons. The van der Waals surface area contributed by atoms with Crippen LogP contribution in [0.3, 0.4) is 0 Å². The second-order valence-electron chi connectivity index (χ2n) is 3.55. The van der Waals surface area contributed by atoms with Crippen LogP contribution >= 0.6 is 0 Å². The van der Waals surface area contributed by atoms with E-state index in [0.29, 0.717) is 22.9 Å². The van der Waals surface area contributed by atoms with Gasteiger partial charge in [0.2, 0.25) is 0 Å². The zero-order valence-electron chi connectivity index (χ0n) is 9.93. The van der Waals surface area contributed by atoms with Crippen LogP contribution in [0.15, 0.2) is 24.4 Å². The smallest absolute Gasteiger partial charge is 0.353 e. The number of nitrogens with one attached hydrogen (secondary N) is 1. The molecule has 0 fully saturated rings. The number of hydrogen-bond acceptors (Lipinski definition) is 4. The quantitative estimate of drug-likeness (QED) is 0.861. The maximum absolute atomic E-state index is 10.8. The van der Waals surface area contributed by atoms with Crippen molar-refractivity contribution in [3.8, 4) is 22.9 Å². The van der Waals surface area contributed by atoms with Crippen LogP contribution in [0, 0.1) is 0 Å². The second-order valence-corrected chi connectivity index (χ2v) is 3.55. The molecule has 1 aromatic carbocycles. The summed E-state index contributed by atoms with van der Waals surface area (Å²) >= 11 is 0. The molecule has 0 spiro atoms. The van der Waals surface area contributed by atoms with Gasteiger partial charge < -0.3 is 19.6 Å². The van der Waals surface area contributed by atoms with E-state index < -0.39 is 5.97 Å². The van der Waals surface area contributed by atoms with E-state index >= 15 is 0 Å². The minimum Gasteiger partial charge on any atom is -0.497 e. The summed E-state index contributed by atoms with van der Waals surface area (Å²) in [7, 11) is 3.09. The van der Waals surface area contributed by atoms with E-state index in [0.717, 1.165) is 0 Å². The number of nitrogens with zero attached hydrogens (tertiary/aromatic N) is 1. The molecule has 0 aliphatic carbocycles. The second kappa shape index (κ2) is 4.79. The fourth-order valence-electron chi connectivity index (χ4n) is 1.52. The number of methoxy groups -OCH3 is 2. The van der Waals surface area contributed by atoms with Crippen LogP contribution in [0.25, 0.3) is 11.4 Å². The highest BCUT2D eigenvalue weighted by Crippen LogP contribution is 2.28. The number of benzene rings is 1. The van der Waals surface area contributed by atoms with Gasteiger partial charge in [-0.25, -0.2) is 9.78 Å². The lowest BCUT2D eigenvalue weighted by molar-refractivity contribution is 0.0691. The Morgan fingerprint density at radius 3 is 2.28 bits per heavy atom. The molecule has 1 aromatic heterocycles. The van der Waals surface area contributed by atoms with Crippen molar-refractivity contribution in [2.75, 3.05) is 14.2 Å². The largest absolute Gasteiger partial charge is 0.497 e. The van der Waals surface area contributed by atoms with Crippen molar-refractivity contribution in [3.63, 3.8) is 0 Å². The third-order valence-corrected chi connectivity index (χ3v) is 2.43. The highest BCUT2D eigenvalue weighted by Gasteiger charge is 2.10. The first-order valence-electron chi connectivity index (χ1n) is 5.16. The molecule has 2 N–H and O–H groups in total. The Balaban J connectivity index is 2.45. The number of hydrogen-bond donors (Lipinski definition) is 2. The molecule has 0 bridgehead atoms. The molecule has 0 amide bonds. The first-order valence-corrected chi connectivity index (χ1v) is 5.16. The third-order valence-electron chi connectivity index (χ3n) is 2.43. The van der Waals surface area contributed by atoms with Crippen molar-refractivity contribution in [3.05, 3.63) is 30.1 Å². The van der Waals surface area contributed by atoms with Crippen LogP contribution in [0.2, 0.25) is 0 Å². The van der Waals surface area contributed by atoms with Gasteiger partial charge in [-0.05, 0) is 12.1 Å². The minimum atomic E-state index is -1.05. The summed E-state index contributed by atoms with van der Waals surface area (Å²) < 4.78 is 10.3. The van der Waals surface area contributed by atoms with Gasteiger partial charge in [-0.2, -0.15) is 0 Å². The molecule has 0 atom stereocenters. The van der Waals surface area contributed by atoms with E-state index in [1.807, 2.05) is 0 Å². The summed E-state index contributed by atoms with van der Waals surface area (Å²) in [5.41, 5.74) is 0.727.